The van der Waals surface area contributed by atoms with E-state index in [1.165, 1.54) is 18.2 Å². The molecule has 6 rings (SSSR count). The molecule has 4 atom stereocenters. The van der Waals surface area contributed by atoms with E-state index in [2.05, 4.69) is 9.80 Å². The summed E-state index contributed by atoms with van der Waals surface area (Å²) in [6, 6.07) is 13.3. The van der Waals surface area contributed by atoms with Gasteiger partial charge in [0.05, 0.1) is 12.2 Å². The second kappa shape index (κ2) is 11.3. The predicted molar refractivity (Wildman–Crippen MR) is 146 cm³/mol. The Balaban J connectivity index is 1.08. The third-order valence-electron chi connectivity index (χ3n) is 9.71. The van der Waals surface area contributed by atoms with Crippen LogP contribution in [0.3, 0.4) is 0 Å². The van der Waals surface area contributed by atoms with Crippen LogP contribution in [0.15, 0.2) is 48.5 Å². The molecule has 0 amide bonds. The standard InChI is InChI=1S/C32H40F2N2O3/c33-27-8-6-22(7-9-27)14-24-17-32(39-21-24)10-12-35(13-11-32)18-26-19-36(30(31(37)38)15-23-4-5-23)20-29(26)25-2-1-3-28(34)16-25/h1-3,6-9,16,23-24,26,29-30H,4-5,10-15,17-21H2,(H,37,38)/t24?,26-,29+,30+/m0/s1. The number of benzene rings is 2. The van der Waals surface area contributed by atoms with E-state index in [0.29, 0.717) is 18.4 Å². The molecule has 2 aromatic rings. The quantitative estimate of drug-likeness (QED) is 0.467. The van der Waals surface area contributed by atoms with Crippen LogP contribution in [0.5, 0.6) is 0 Å². The lowest BCUT2D eigenvalue weighted by Crippen LogP contribution is -2.46. The minimum Gasteiger partial charge on any atom is -0.480 e. The lowest BCUT2D eigenvalue weighted by Gasteiger charge is -2.40. The van der Waals surface area contributed by atoms with Crippen molar-refractivity contribution < 1.29 is 23.4 Å². The molecule has 0 aromatic heterocycles. The molecular formula is C32H40F2N2O3. The van der Waals surface area contributed by atoms with Gasteiger partial charge in [0.2, 0.25) is 0 Å². The zero-order valence-electron chi connectivity index (χ0n) is 22.6. The van der Waals surface area contributed by atoms with Gasteiger partial charge in [0.15, 0.2) is 0 Å². The number of carbonyl (C=O) groups is 1. The Morgan fingerprint density at radius 2 is 1.79 bits per heavy atom. The lowest BCUT2D eigenvalue weighted by molar-refractivity contribution is -0.143. The molecule has 2 aromatic carbocycles. The van der Waals surface area contributed by atoms with E-state index in [1.807, 2.05) is 18.2 Å². The van der Waals surface area contributed by atoms with E-state index in [4.69, 9.17) is 4.74 Å². The third-order valence-corrected chi connectivity index (χ3v) is 9.71. The monoisotopic (exact) mass is 538 g/mol. The van der Waals surface area contributed by atoms with Gasteiger partial charge in [-0.05, 0) is 85.3 Å². The number of piperidine rings is 1. The second-order valence-corrected chi connectivity index (χ2v) is 12.6. The molecule has 3 saturated heterocycles. The smallest absolute Gasteiger partial charge is 0.320 e. The van der Waals surface area contributed by atoms with Crippen molar-refractivity contribution in [2.75, 3.05) is 39.3 Å². The van der Waals surface area contributed by atoms with Crippen LogP contribution in [0.1, 0.15) is 55.6 Å². The zero-order valence-corrected chi connectivity index (χ0v) is 22.6. The molecular weight excluding hydrogens is 498 g/mol. The number of ether oxygens (including phenoxy) is 1. The number of nitrogens with zero attached hydrogens (tertiary/aromatic N) is 2. The molecule has 5 nitrogen and oxygen atoms in total. The first-order valence-electron chi connectivity index (χ1n) is 14.7. The highest BCUT2D eigenvalue weighted by Gasteiger charge is 2.45. The molecule has 0 radical (unpaired) electrons. The van der Waals surface area contributed by atoms with Gasteiger partial charge in [0, 0.05) is 38.6 Å². The van der Waals surface area contributed by atoms with Crippen molar-refractivity contribution in [3.63, 3.8) is 0 Å². The molecule has 1 unspecified atom stereocenters. The Kier molecular flexibility index (Phi) is 7.75. The summed E-state index contributed by atoms with van der Waals surface area (Å²) in [7, 11) is 0. The molecule has 4 aliphatic rings. The Hall–Kier alpha value is -2.35. The van der Waals surface area contributed by atoms with Gasteiger partial charge in [-0.2, -0.15) is 0 Å². The summed E-state index contributed by atoms with van der Waals surface area (Å²) in [5.41, 5.74) is 2.08. The maximum atomic E-state index is 14.2. The summed E-state index contributed by atoms with van der Waals surface area (Å²) >= 11 is 0. The highest BCUT2D eigenvalue weighted by atomic mass is 19.1. The van der Waals surface area contributed by atoms with E-state index in [9.17, 15) is 18.7 Å². The first-order chi connectivity index (χ1) is 18.9. The molecule has 0 bridgehead atoms. The van der Waals surface area contributed by atoms with Gasteiger partial charge in [0.1, 0.15) is 17.7 Å². The van der Waals surface area contributed by atoms with Crippen LogP contribution in [0.2, 0.25) is 0 Å². The maximum Gasteiger partial charge on any atom is 0.320 e. The van der Waals surface area contributed by atoms with Crippen molar-refractivity contribution in [3.8, 4) is 0 Å². The van der Waals surface area contributed by atoms with Crippen LogP contribution in [0, 0.1) is 29.4 Å². The SMILES string of the molecule is O=C(O)[C@@H](CC1CC1)N1C[C@H](CN2CCC3(CC2)CC(Cc2ccc(F)cc2)CO3)[C@@H](c2cccc(F)c2)C1. The molecule has 39 heavy (non-hydrogen) atoms. The molecule has 3 aliphatic heterocycles. The molecule has 210 valence electrons. The number of carboxylic acid groups (broad SMARTS) is 1. The minimum atomic E-state index is -0.728. The van der Waals surface area contributed by atoms with Crippen molar-refractivity contribution in [1.82, 2.24) is 9.80 Å². The number of carboxylic acids is 1. The van der Waals surface area contributed by atoms with Gasteiger partial charge in [-0.1, -0.05) is 37.1 Å². The van der Waals surface area contributed by atoms with Gasteiger partial charge in [-0.25, -0.2) is 8.78 Å². The highest BCUT2D eigenvalue weighted by molar-refractivity contribution is 5.73. The molecule has 1 N–H and O–H groups in total. The first-order valence-corrected chi connectivity index (χ1v) is 14.7. The predicted octanol–water partition coefficient (Wildman–Crippen LogP) is 5.35. The Bertz CT molecular complexity index is 1150. The van der Waals surface area contributed by atoms with Crippen LogP contribution in [0.4, 0.5) is 8.78 Å². The van der Waals surface area contributed by atoms with Crippen molar-refractivity contribution in [2.24, 2.45) is 17.8 Å². The number of halogens is 2. The fraction of sp³-hybridized carbons (Fsp3) is 0.594. The summed E-state index contributed by atoms with van der Waals surface area (Å²) in [5.74, 6) is 0.228. The van der Waals surface area contributed by atoms with E-state index in [1.54, 1.807) is 12.1 Å². The largest absolute Gasteiger partial charge is 0.480 e. The van der Waals surface area contributed by atoms with Gasteiger partial charge in [-0.15, -0.1) is 0 Å². The third kappa shape index (κ3) is 6.36. The Morgan fingerprint density at radius 3 is 2.49 bits per heavy atom. The molecule has 7 heteroatoms. The maximum absolute atomic E-state index is 14.2. The van der Waals surface area contributed by atoms with Crippen LogP contribution in [-0.2, 0) is 16.0 Å². The number of rotatable bonds is 9. The molecule has 1 saturated carbocycles. The summed E-state index contributed by atoms with van der Waals surface area (Å²) in [5, 5.41) is 10.0. The second-order valence-electron chi connectivity index (χ2n) is 12.6. The number of aliphatic carboxylic acids is 1. The topological polar surface area (TPSA) is 53.0 Å². The van der Waals surface area contributed by atoms with E-state index >= 15 is 0 Å². The average molecular weight is 539 g/mol. The molecule has 1 spiro atoms. The lowest BCUT2D eigenvalue weighted by atomic mass is 9.82. The zero-order chi connectivity index (χ0) is 27.0. The van der Waals surface area contributed by atoms with Crippen LogP contribution in [-0.4, -0.2) is 71.8 Å². The van der Waals surface area contributed by atoms with Gasteiger partial charge in [0.25, 0.3) is 0 Å². The van der Waals surface area contributed by atoms with Crippen LogP contribution < -0.4 is 0 Å². The summed E-state index contributed by atoms with van der Waals surface area (Å²) in [6.07, 6.45) is 6.95. The Morgan fingerprint density at radius 1 is 1.03 bits per heavy atom. The molecule has 4 fully saturated rings. The highest BCUT2D eigenvalue weighted by Crippen LogP contribution is 2.42. The van der Waals surface area contributed by atoms with Crippen LogP contribution in [0.25, 0.3) is 0 Å². The van der Waals surface area contributed by atoms with Crippen LogP contribution >= 0.6 is 0 Å². The van der Waals surface area contributed by atoms with E-state index in [0.717, 1.165) is 88.9 Å². The Labute approximate surface area is 230 Å². The summed E-state index contributed by atoms with van der Waals surface area (Å²) < 4.78 is 33.9. The van der Waals surface area contributed by atoms with Crippen molar-refractivity contribution in [3.05, 3.63) is 71.3 Å². The summed E-state index contributed by atoms with van der Waals surface area (Å²) in [4.78, 5) is 16.9. The van der Waals surface area contributed by atoms with E-state index < -0.39 is 12.0 Å². The molecule has 1 aliphatic carbocycles. The summed E-state index contributed by atoms with van der Waals surface area (Å²) in [6.45, 7) is 4.98. The first kappa shape index (κ1) is 26.9. The number of likely N-dealkylation sites (tertiary alicyclic amines) is 2. The van der Waals surface area contributed by atoms with Crippen molar-refractivity contribution in [1.29, 1.82) is 0 Å². The van der Waals surface area contributed by atoms with Gasteiger partial charge < -0.3 is 14.7 Å². The van der Waals surface area contributed by atoms with Crippen molar-refractivity contribution >= 4 is 5.97 Å². The van der Waals surface area contributed by atoms with Crippen molar-refractivity contribution in [2.45, 2.75) is 62.5 Å². The van der Waals surface area contributed by atoms with Gasteiger partial charge >= 0.3 is 5.97 Å². The number of hydrogen-bond donors (Lipinski definition) is 1. The normalized spacial score (nSPS) is 28.2. The van der Waals surface area contributed by atoms with E-state index in [-0.39, 0.29) is 29.1 Å². The number of hydrogen-bond acceptors (Lipinski definition) is 4. The minimum absolute atomic E-state index is 0.0659. The fourth-order valence-corrected chi connectivity index (χ4v) is 7.38. The fourth-order valence-electron chi connectivity index (χ4n) is 7.38. The van der Waals surface area contributed by atoms with Gasteiger partial charge in [-0.3, -0.25) is 9.69 Å². The molecule has 3 heterocycles. The average Bonchev–Trinajstić information content (AvgIpc) is 3.53.